The summed E-state index contributed by atoms with van der Waals surface area (Å²) in [6.07, 6.45) is 2.91. The average molecular weight is 477 g/mol. The van der Waals surface area contributed by atoms with E-state index in [9.17, 15) is 0 Å². The van der Waals surface area contributed by atoms with Gasteiger partial charge in [-0.15, -0.1) is 0 Å². The molecule has 5 rings (SSSR count). The van der Waals surface area contributed by atoms with Crippen LogP contribution in [-0.2, 0) is 11.2 Å². The summed E-state index contributed by atoms with van der Waals surface area (Å²) >= 11 is 0. The summed E-state index contributed by atoms with van der Waals surface area (Å²) in [5.74, 6) is -0.882. The number of hydrogen-bond donors (Lipinski definition) is 1. The van der Waals surface area contributed by atoms with Crippen molar-refractivity contribution in [2.75, 3.05) is 26.9 Å². The lowest BCUT2D eigenvalue weighted by atomic mass is 9.91. The number of hydrogen-bond acceptors (Lipinski definition) is 4. The molecule has 0 aromatic heterocycles. The SMILES string of the molecule is C=Nc1c(C(=NCOC)N2CC3CCC(C2)N3)cc(F)c(-c2cccc3cccc(CC)c23)c1F. The van der Waals surface area contributed by atoms with Gasteiger partial charge in [-0.2, -0.15) is 0 Å². The number of halogens is 2. The fourth-order valence-electron chi connectivity index (χ4n) is 5.55. The van der Waals surface area contributed by atoms with E-state index in [0.717, 1.165) is 35.6 Å². The predicted octanol–water partition coefficient (Wildman–Crippen LogP) is 5.47. The first kappa shape index (κ1) is 23.6. The van der Waals surface area contributed by atoms with Gasteiger partial charge in [-0.1, -0.05) is 43.3 Å². The Kier molecular flexibility index (Phi) is 6.62. The Hall–Kier alpha value is -3.16. The van der Waals surface area contributed by atoms with Gasteiger partial charge in [0.25, 0.3) is 0 Å². The molecular formula is C28H30F2N4O. The number of rotatable bonds is 6. The molecule has 2 atom stereocenters. The molecule has 0 saturated carbocycles. The number of nitrogens with zero attached hydrogens (tertiary/aromatic N) is 3. The van der Waals surface area contributed by atoms with Crippen LogP contribution in [0.5, 0.6) is 0 Å². The van der Waals surface area contributed by atoms with Crippen LogP contribution in [0.15, 0.2) is 52.4 Å². The highest BCUT2D eigenvalue weighted by atomic mass is 19.1. The first-order valence-electron chi connectivity index (χ1n) is 12.1. The number of piperazine rings is 1. The average Bonchev–Trinajstić information content (AvgIpc) is 3.21. The van der Waals surface area contributed by atoms with Gasteiger partial charge in [-0.05, 0) is 53.9 Å². The van der Waals surface area contributed by atoms with Gasteiger partial charge in [0.2, 0.25) is 0 Å². The van der Waals surface area contributed by atoms with Crippen molar-refractivity contribution in [3.63, 3.8) is 0 Å². The minimum Gasteiger partial charge on any atom is -0.362 e. The smallest absolute Gasteiger partial charge is 0.160 e. The molecule has 2 saturated heterocycles. The Morgan fingerprint density at radius 1 is 1.14 bits per heavy atom. The maximum atomic E-state index is 16.2. The molecule has 2 bridgehead atoms. The largest absolute Gasteiger partial charge is 0.362 e. The molecule has 2 heterocycles. The monoisotopic (exact) mass is 476 g/mol. The summed E-state index contributed by atoms with van der Waals surface area (Å²) in [7, 11) is 1.55. The van der Waals surface area contributed by atoms with Crippen LogP contribution in [0.1, 0.15) is 30.9 Å². The summed E-state index contributed by atoms with van der Waals surface area (Å²) in [5.41, 5.74) is 1.77. The van der Waals surface area contributed by atoms with Crippen molar-refractivity contribution in [1.29, 1.82) is 0 Å². The van der Waals surface area contributed by atoms with Gasteiger partial charge in [-0.25, -0.2) is 13.8 Å². The van der Waals surface area contributed by atoms with Gasteiger partial charge in [0, 0.05) is 37.8 Å². The highest BCUT2D eigenvalue weighted by molar-refractivity contribution is 6.06. The van der Waals surface area contributed by atoms with Gasteiger partial charge in [-0.3, -0.25) is 4.99 Å². The van der Waals surface area contributed by atoms with Gasteiger partial charge in [0.05, 0.1) is 5.56 Å². The van der Waals surface area contributed by atoms with E-state index in [1.165, 1.54) is 6.07 Å². The lowest BCUT2D eigenvalue weighted by Gasteiger charge is -2.35. The molecular weight excluding hydrogens is 446 g/mol. The van der Waals surface area contributed by atoms with E-state index in [1.807, 2.05) is 37.3 Å². The third kappa shape index (κ3) is 4.23. The molecule has 1 N–H and O–H groups in total. The van der Waals surface area contributed by atoms with E-state index in [1.54, 1.807) is 13.2 Å². The van der Waals surface area contributed by atoms with Gasteiger partial charge < -0.3 is 15.0 Å². The fourth-order valence-corrected chi connectivity index (χ4v) is 5.55. The van der Waals surface area contributed by atoms with Crippen molar-refractivity contribution in [3.8, 4) is 11.1 Å². The molecule has 3 aromatic rings. The van der Waals surface area contributed by atoms with Gasteiger partial charge in [0.15, 0.2) is 5.82 Å². The topological polar surface area (TPSA) is 49.2 Å². The summed E-state index contributed by atoms with van der Waals surface area (Å²) in [6, 6.07) is 13.5. The maximum absolute atomic E-state index is 16.2. The fraction of sp³-hybridized carbons (Fsp3) is 0.357. The highest BCUT2D eigenvalue weighted by Gasteiger charge is 2.35. The molecule has 2 fully saturated rings. The Morgan fingerprint density at radius 2 is 1.86 bits per heavy atom. The number of likely N-dealkylation sites (tertiary alicyclic amines) is 1. The van der Waals surface area contributed by atoms with Crippen molar-refractivity contribution in [3.05, 3.63) is 65.2 Å². The van der Waals surface area contributed by atoms with Crippen LogP contribution < -0.4 is 5.32 Å². The third-order valence-electron chi connectivity index (χ3n) is 7.09. The van der Waals surface area contributed by atoms with Crippen LogP contribution in [0.25, 0.3) is 21.9 Å². The van der Waals surface area contributed by atoms with Crippen molar-refractivity contribution in [2.45, 2.75) is 38.3 Å². The van der Waals surface area contributed by atoms with Crippen molar-refractivity contribution < 1.29 is 13.5 Å². The molecule has 35 heavy (non-hydrogen) atoms. The summed E-state index contributed by atoms with van der Waals surface area (Å²) in [6.45, 7) is 7.18. The minimum atomic E-state index is -0.725. The van der Waals surface area contributed by atoms with E-state index in [-0.39, 0.29) is 18.0 Å². The van der Waals surface area contributed by atoms with Crippen LogP contribution in [0, 0.1) is 11.6 Å². The van der Waals surface area contributed by atoms with E-state index in [4.69, 9.17) is 4.74 Å². The predicted molar refractivity (Wildman–Crippen MR) is 138 cm³/mol. The first-order chi connectivity index (χ1) is 17.0. The lowest BCUT2D eigenvalue weighted by molar-refractivity contribution is 0.205. The van der Waals surface area contributed by atoms with Gasteiger partial charge >= 0.3 is 0 Å². The van der Waals surface area contributed by atoms with E-state index >= 15 is 8.78 Å². The summed E-state index contributed by atoms with van der Waals surface area (Å²) < 4.78 is 37.2. The van der Waals surface area contributed by atoms with Crippen molar-refractivity contribution in [1.82, 2.24) is 10.2 Å². The van der Waals surface area contributed by atoms with E-state index in [2.05, 4.69) is 26.9 Å². The Labute approximate surface area is 204 Å². The molecule has 0 aliphatic carbocycles. The summed E-state index contributed by atoms with van der Waals surface area (Å²) in [5, 5.41) is 5.37. The molecule has 3 aromatic carbocycles. The molecule has 2 aliphatic rings. The zero-order valence-electron chi connectivity index (χ0n) is 20.2. The number of aryl methyl sites for hydroxylation is 1. The minimum absolute atomic E-state index is 0.00751. The van der Waals surface area contributed by atoms with Gasteiger partial charge in [0.1, 0.15) is 24.1 Å². The Balaban J connectivity index is 1.69. The van der Waals surface area contributed by atoms with Crippen LogP contribution in [-0.4, -0.2) is 56.5 Å². The molecule has 2 unspecified atom stereocenters. The van der Waals surface area contributed by atoms with Crippen LogP contribution in [0.2, 0.25) is 0 Å². The second-order valence-corrected chi connectivity index (χ2v) is 9.22. The number of benzene rings is 3. The van der Waals surface area contributed by atoms with E-state index < -0.39 is 11.6 Å². The standard InChI is InChI=1S/C28H30F2N4O/c1-4-17-7-5-8-18-9-6-10-21(24(17)18)25-23(29)13-22(27(31-2)26(25)30)28(32-16-35-3)34-14-19-11-12-20(15-34)33-19/h5-10,13,19-20,33H,2,4,11-12,14-16H2,1,3H3. The number of methoxy groups -OCH3 is 1. The zero-order chi connectivity index (χ0) is 24.5. The maximum Gasteiger partial charge on any atom is 0.160 e. The van der Waals surface area contributed by atoms with Crippen molar-refractivity contribution in [2.24, 2.45) is 9.98 Å². The zero-order valence-corrected chi connectivity index (χ0v) is 20.2. The third-order valence-corrected chi connectivity index (χ3v) is 7.09. The number of ether oxygens (including phenoxy) is 1. The second kappa shape index (κ2) is 9.84. The van der Waals surface area contributed by atoms with E-state index in [0.29, 0.717) is 42.1 Å². The lowest BCUT2D eigenvalue weighted by Crippen LogP contribution is -2.53. The highest BCUT2D eigenvalue weighted by Crippen LogP contribution is 2.40. The number of fused-ring (bicyclic) bond motifs is 3. The Bertz CT molecular complexity index is 1290. The van der Waals surface area contributed by atoms with Crippen LogP contribution in [0.4, 0.5) is 14.5 Å². The molecule has 0 amide bonds. The first-order valence-corrected chi connectivity index (χ1v) is 12.1. The van der Waals surface area contributed by atoms with Crippen molar-refractivity contribution >= 4 is 29.0 Å². The molecule has 2 aliphatic heterocycles. The molecule has 0 spiro atoms. The quantitative estimate of drug-likeness (QED) is 0.379. The molecule has 182 valence electrons. The van der Waals surface area contributed by atoms with Crippen LogP contribution in [0.3, 0.4) is 0 Å². The number of amidine groups is 1. The molecule has 5 nitrogen and oxygen atoms in total. The normalized spacial score (nSPS) is 20.0. The summed E-state index contributed by atoms with van der Waals surface area (Å²) in [4.78, 5) is 10.7. The number of nitrogens with one attached hydrogen (secondary N) is 1. The molecule has 7 heteroatoms. The Morgan fingerprint density at radius 3 is 2.51 bits per heavy atom. The molecule has 0 radical (unpaired) electrons. The number of aliphatic imine (C=N–C) groups is 2. The second-order valence-electron chi connectivity index (χ2n) is 9.22. The van der Waals surface area contributed by atoms with Crippen LogP contribution >= 0.6 is 0 Å².